The van der Waals surface area contributed by atoms with E-state index in [1.54, 1.807) is 35.1 Å². The third-order valence-corrected chi connectivity index (χ3v) is 6.18. The van der Waals surface area contributed by atoms with E-state index in [2.05, 4.69) is 15.4 Å². The number of amides is 1. The molecule has 0 saturated carbocycles. The van der Waals surface area contributed by atoms with E-state index < -0.39 is 0 Å². The molecule has 1 aromatic carbocycles. The lowest BCUT2D eigenvalue weighted by Gasteiger charge is -2.10. The molecule has 0 aliphatic carbocycles. The first-order valence-electron chi connectivity index (χ1n) is 10.8. The SMILES string of the molecule is Cc1cnc(NC(=O)c2ccn3nc(-c4ccccc4)c(-c4ccc(=O)n(C(C)C)n4)c3c2)s1. The molecule has 0 saturated heterocycles. The number of thiazole rings is 1. The van der Waals surface area contributed by atoms with Crippen LogP contribution in [-0.2, 0) is 0 Å². The van der Waals surface area contributed by atoms with Crippen LogP contribution < -0.4 is 10.9 Å². The average molecular weight is 471 g/mol. The van der Waals surface area contributed by atoms with Gasteiger partial charge in [-0.15, -0.1) is 11.3 Å². The molecule has 5 aromatic rings. The minimum absolute atomic E-state index is 0.0995. The Morgan fingerprint density at radius 1 is 1.06 bits per heavy atom. The summed E-state index contributed by atoms with van der Waals surface area (Å²) in [6.45, 7) is 5.76. The second-order valence-corrected chi connectivity index (χ2v) is 9.39. The maximum Gasteiger partial charge on any atom is 0.267 e. The highest BCUT2D eigenvalue weighted by atomic mass is 32.1. The van der Waals surface area contributed by atoms with Crippen LogP contribution in [-0.4, -0.2) is 30.3 Å². The molecular weight excluding hydrogens is 448 g/mol. The first kappa shape index (κ1) is 21.7. The van der Waals surface area contributed by atoms with Crippen LogP contribution in [0.4, 0.5) is 5.13 Å². The van der Waals surface area contributed by atoms with Crippen LogP contribution in [0.2, 0.25) is 0 Å². The second kappa shape index (κ2) is 8.68. The number of carbonyl (C=O) groups is 1. The molecule has 4 aromatic heterocycles. The molecule has 0 bridgehead atoms. The predicted molar refractivity (Wildman–Crippen MR) is 133 cm³/mol. The average Bonchev–Trinajstić information content (AvgIpc) is 3.42. The van der Waals surface area contributed by atoms with Gasteiger partial charge in [0.15, 0.2) is 5.13 Å². The molecule has 0 aliphatic rings. The van der Waals surface area contributed by atoms with Gasteiger partial charge in [-0.1, -0.05) is 30.3 Å². The van der Waals surface area contributed by atoms with Crippen LogP contribution in [0.5, 0.6) is 0 Å². The highest BCUT2D eigenvalue weighted by Crippen LogP contribution is 2.34. The summed E-state index contributed by atoms with van der Waals surface area (Å²) in [6.07, 6.45) is 3.48. The smallest absolute Gasteiger partial charge is 0.267 e. The van der Waals surface area contributed by atoms with Crippen molar-refractivity contribution in [3.05, 3.63) is 87.8 Å². The Morgan fingerprint density at radius 2 is 1.85 bits per heavy atom. The zero-order chi connectivity index (χ0) is 23.8. The first-order valence-corrected chi connectivity index (χ1v) is 11.6. The summed E-state index contributed by atoms with van der Waals surface area (Å²) in [5.41, 5.74) is 4.00. The fraction of sp³-hybridized carbons (Fsp3) is 0.160. The van der Waals surface area contributed by atoms with Crippen LogP contribution in [0, 0.1) is 6.92 Å². The van der Waals surface area contributed by atoms with E-state index in [1.807, 2.05) is 51.1 Å². The van der Waals surface area contributed by atoms with Crippen LogP contribution in [0.3, 0.4) is 0 Å². The normalized spacial score (nSPS) is 11.3. The van der Waals surface area contributed by atoms with Crippen molar-refractivity contribution >= 4 is 27.9 Å². The summed E-state index contributed by atoms with van der Waals surface area (Å²) in [7, 11) is 0. The minimum atomic E-state index is -0.259. The molecule has 0 fully saturated rings. The van der Waals surface area contributed by atoms with Gasteiger partial charge >= 0.3 is 0 Å². The zero-order valence-corrected chi connectivity index (χ0v) is 19.7. The molecule has 0 unspecified atom stereocenters. The van der Waals surface area contributed by atoms with E-state index >= 15 is 0 Å². The van der Waals surface area contributed by atoms with Crippen molar-refractivity contribution in [3.63, 3.8) is 0 Å². The number of nitrogens with one attached hydrogen (secondary N) is 1. The van der Waals surface area contributed by atoms with Gasteiger partial charge in [0.05, 0.1) is 22.8 Å². The highest BCUT2D eigenvalue weighted by Gasteiger charge is 2.20. The first-order chi connectivity index (χ1) is 16.4. The van der Waals surface area contributed by atoms with Gasteiger partial charge in [0.25, 0.3) is 11.5 Å². The Balaban J connectivity index is 1.69. The number of anilines is 1. The fourth-order valence-electron chi connectivity index (χ4n) is 3.75. The fourth-order valence-corrected chi connectivity index (χ4v) is 4.41. The largest absolute Gasteiger partial charge is 0.298 e. The summed E-state index contributed by atoms with van der Waals surface area (Å²) >= 11 is 1.42. The van der Waals surface area contributed by atoms with Gasteiger partial charge in [0.2, 0.25) is 0 Å². The molecule has 8 nitrogen and oxygen atoms in total. The number of carbonyl (C=O) groups excluding carboxylic acids is 1. The van der Waals surface area contributed by atoms with Crippen molar-refractivity contribution < 1.29 is 4.79 Å². The standard InChI is InChI=1S/C25H22N6O2S/c1-15(2)31-21(32)10-9-19(28-31)22-20-13-18(24(33)27-25-26-14-16(3)34-25)11-12-30(20)29-23(22)17-7-5-4-6-8-17/h4-15H,1-3H3,(H,26,27,33). The number of rotatable bonds is 5. The zero-order valence-electron chi connectivity index (χ0n) is 18.9. The van der Waals surface area contributed by atoms with Crippen molar-refractivity contribution in [2.45, 2.75) is 26.8 Å². The highest BCUT2D eigenvalue weighted by molar-refractivity contribution is 7.15. The van der Waals surface area contributed by atoms with E-state index in [1.165, 1.54) is 22.1 Å². The third kappa shape index (κ3) is 4.01. The molecular formula is C25H22N6O2S. The summed E-state index contributed by atoms with van der Waals surface area (Å²) in [5.74, 6) is -0.259. The van der Waals surface area contributed by atoms with Gasteiger partial charge in [0.1, 0.15) is 5.69 Å². The summed E-state index contributed by atoms with van der Waals surface area (Å²) in [6, 6.07) is 16.4. The van der Waals surface area contributed by atoms with Crippen molar-refractivity contribution in [1.29, 1.82) is 0 Å². The van der Waals surface area contributed by atoms with E-state index in [4.69, 9.17) is 5.10 Å². The van der Waals surface area contributed by atoms with Crippen molar-refractivity contribution in [2.75, 3.05) is 5.32 Å². The van der Waals surface area contributed by atoms with Gasteiger partial charge in [-0.25, -0.2) is 14.2 Å². The summed E-state index contributed by atoms with van der Waals surface area (Å²) < 4.78 is 3.18. The maximum absolute atomic E-state index is 12.9. The number of nitrogens with zero attached hydrogens (tertiary/aromatic N) is 5. The van der Waals surface area contributed by atoms with Crippen LogP contribution in [0.15, 0.2) is 71.8 Å². The second-order valence-electron chi connectivity index (χ2n) is 8.16. The lowest BCUT2D eigenvalue weighted by molar-refractivity contribution is 0.102. The molecule has 0 atom stereocenters. The third-order valence-electron chi connectivity index (χ3n) is 5.36. The molecule has 34 heavy (non-hydrogen) atoms. The van der Waals surface area contributed by atoms with Gasteiger partial charge < -0.3 is 0 Å². The molecule has 4 heterocycles. The summed E-state index contributed by atoms with van der Waals surface area (Å²) in [4.78, 5) is 30.5. The Labute approximate surface area is 199 Å². The number of pyridine rings is 1. The van der Waals surface area contributed by atoms with Crippen molar-refractivity contribution in [1.82, 2.24) is 24.4 Å². The van der Waals surface area contributed by atoms with Crippen molar-refractivity contribution in [2.24, 2.45) is 0 Å². The molecule has 1 N–H and O–H groups in total. The van der Waals surface area contributed by atoms with Crippen LogP contribution in [0.25, 0.3) is 28.0 Å². The lowest BCUT2D eigenvalue weighted by Crippen LogP contribution is -2.23. The number of hydrogen-bond acceptors (Lipinski definition) is 6. The van der Waals surface area contributed by atoms with Crippen LogP contribution in [0.1, 0.15) is 35.1 Å². The molecule has 1 amide bonds. The predicted octanol–water partition coefficient (Wildman–Crippen LogP) is 4.82. The Bertz CT molecular complexity index is 1570. The van der Waals surface area contributed by atoms with Crippen LogP contribution >= 0.6 is 11.3 Å². The lowest BCUT2D eigenvalue weighted by atomic mass is 10.0. The molecule has 5 rings (SSSR count). The van der Waals surface area contributed by atoms with Crippen molar-refractivity contribution in [3.8, 4) is 22.5 Å². The molecule has 0 radical (unpaired) electrons. The van der Waals surface area contributed by atoms with E-state index in [0.717, 1.165) is 21.7 Å². The van der Waals surface area contributed by atoms with Gasteiger partial charge in [-0.2, -0.15) is 10.2 Å². The number of aryl methyl sites for hydroxylation is 1. The van der Waals surface area contributed by atoms with E-state index in [0.29, 0.717) is 21.9 Å². The topological polar surface area (TPSA) is 94.2 Å². The monoisotopic (exact) mass is 470 g/mol. The van der Waals surface area contributed by atoms with Gasteiger partial charge in [-0.3, -0.25) is 14.9 Å². The quantitative estimate of drug-likeness (QED) is 0.397. The van der Waals surface area contributed by atoms with Gasteiger partial charge in [0, 0.05) is 34.5 Å². The Morgan fingerprint density at radius 3 is 2.56 bits per heavy atom. The van der Waals surface area contributed by atoms with E-state index in [-0.39, 0.29) is 17.5 Å². The number of benzene rings is 1. The number of hydrogen-bond donors (Lipinski definition) is 1. The van der Waals surface area contributed by atoms with E-state index in [9.17, 15) is 9.59 Å². The minimum Gasteiger partial charge on any atom is -0.298 e. The summed E-state index contributed by atoms with van der Waals surface area (Å²) in [5, 5.41) is 12.8. The number of fused-ring (bicyclic) bond motifs is 1. The molecule has 9 heteroatoms. The van der Waals surface area contributed by atoms with Gasteiger partial charge in [-0.05, 0) is 39.0 Å². The molecule has 170 valence electrons. The Hall–Kier alpha value is -4.11. The molecule has 0 spiro atoms. The maximum atomic E-state index is 12.9. The number of aromatic nitrogens is 5. The molecule has 0 aliphatic heterocycles. The Kier molecular flexibility index (Phi) is 5.54.